The van der Waals surface area contributed by atoms with Gasteiger partial charge in [0.1, 0.15) is 15.4 Å². The number of hydrogen-bond donors (Lipinski definition) is 2. The molecule has 218 valence electrons. The number of hydrogen-bond acceptors (Lipinski definition) is 8. The first-order valence-electron chi connectivity index (χ1n) is 13.0. The molecule has 3 aromatic rings. The van der Waals surface area contributed by atoms with Crippen molar-refractivity contribution in [1.29, 1.82) is 0 Å². The highest BCUT2D eigenvalue weighted by molar-refractivity contribution is 7.91. The van der Waals surface area contributed by atoms with Gasteiger partial charge in [-0.15, -0.1) is 22.7 Å². The molecule has 2 aliphatic rings. The van der Waals surface area contributed by atoms with Crippen molar-refractivity contribution in [2.45, 2.75) is 42.0 Å². The van der Waals surface area contributed by atoms with E-state index in [4.69, 9.17) is 23.2 Å². The van der Waals surface area contributed by atoms with Gasteiger partial charge in [-0.05, 0) is 62.1 Å². The van der Waals surface area contributed by atoms with Crippen LogP contribution in [0.2, 0.25) is 9.49 Å². The summed E-state index contributed by atoms with van der Waals surface area (Å²) in [6.45, 7) is 1.00. The second-order valence-electron chi connectivity index (χ2n) is 9.76. The van der Waals surface area contributed by atoms with Crippen LogP contribution >= 0.6 is 45.9 Å². The minimum Gasteiger partial charge on any atom is -0.350 e. The zero-order chi connectivity index (χ0) is 29.1. The minimum atomic E-state index is -3.95. The number of thiophene rings is 2. The smallest absolute Gasteiger partial charge is 0.251 e. The zero-order valence-corrected chi connectivity index (χ0v) is 25.7. The van der Waals surface area contributed by atoms with Gasteiger partial charge in [0.15, 0.2) is 0 Å². The normalized spacial score (nSPS) is 19.5. The van der Waals surface area contributed by atoms with Crippen LogP contribution in [0.15, 0.2) is 46.8 Å². The number of carbonyl (C=O) groups is 3. The van der Waals surface area contributed by atoms with Crippen LogP contribution in [0.1, 0.15) is 36.0 Å². The Morgan fingerprint density at radius 2 is 1.78 bits per heavy atom. The minimum absolute atomic E-state index is 0.106. The van der Waals surface area contributed by atoms with E-state index in [0.29, 0.717) is 35.8 Å². The summed E-state index contributed by atoms with van der Waals surface area (Å²) < 4.78 is 29.5. The second-order valence-corrected chi connectivity index (χ2v) is 14.9. The van der Waals surface area contributed by atoms with Gasteiger partial charge in [0.2, 0.25) is 11.8 Å². The van der Waals surface area contributed by atoms with Crippen LogP contribution in [-0.2, 0) is 19.6 Å². The van der Waals surface area contributed by atoms with E-state index < -0.39 is 22.0 Å². The van der Waals surface area contributed by atoms with Gasteiger partial charge >= 0.3 is 0 Å². The van der Waals surface area contributed by atoms with Crippen LogP contribution in [0.3, 0.4) is 0 Å². The first kappa shape index (κ1) is 29.9. The lowest BCUT2D eigenvalue weighted by Gasteiger charge is -2.34. The topological polar surface area (TPSA) is 129 Å². The molecule has 0 aromatic carbocycles. The lowest BCUT2D eigenvalue weighted by molar-refractivity contribution is -0.143. The quantitative estimate of drug-likeness (QED) is 0.337. The lowest BCUT2D eigenvalue weighted by atomic mass is 10.1. The molecule has 0 bridgehead atoms. The lowest BCUT2D eigenvalue weighted by Crippen LogP contribution is -2.55. The van der Waals surface area contributed by atoms with E-state index in [1.54, 1.807) is 23.1 Å². The Morgan fingerprint density at radius 3 is 2.54 bits per heavy atom. The average molecular weight is 657 g/mol. The Hall–Kier alpha value is -2.55. The molecule has 0 radical (unpaired) electrons. The Morgan fingerprint density at radius 1 is 1.02 bits per heavy atom. The van der Waals surface area contributed by atoms with E-state index >= 15 is 0 Å². The van der Waals surface area contributed by atoms with Crippen molar-refractivity contribution in [3.05, 3.63) is 57.6 Å². The first-order valence-corrected chi connectivity index (χ1v) is 16.8. The predicted molar refractivity (Wildman–Crippen MR) is 159 cm³/mol. The molecule has 0 saturated carbocycles. The third-order valence-electron chi connectivity index (χ3n) is 7.00. The van der Waals surface area contributed by atoms with Gasteiger partial charge in [0.05, 0.1) is 10.9 Å². The summed E-state index contributed by atoms with van der Waals surface area (Å²) >= 11 is 14.3. The summed E-state index contributed by atoms with van der Waals surface area (Å²) in [5.74, 6) is -0.969. The number of halogens is 2. The van der Waals surface area contributed by atoms with E-state index in [1.807, 2.05) is 6.07 Å². The maximum atomic E-state index is 13.2. The summed E-state index contributed by atoms with van der Waals surface area (Å²) in [6.07, 6.45) is 3.86. The van der Waals surface area contributed by atoms with E-state index in [0.717, 1.165) is 33.9 Å². The Kier molecular flexibility index (Phi) is 9.31. The molecule has 5 heterocycles. The maximum Gasteiger partial charge on any atom is 0.251 e. The van der Waals surface area contributed by atoms with Gasteiger partial charge in [-0.3, -0.25) is 14.4 Å². The third kappa shape index (κ3) is 7.09. The third-order valence-corrected chi connectivity index (χ3v) is 11.7. The maximum absolute atomic E-state index is 13.2. The van der Waals surface area contributed by atoms with Crippen molar-refractivity contribution in [1.82, 2.24) is 24.8 Å². The Labute approximate surface area is 255 Å². The van der Waals surface area contributed by atoms with Crippen LogP contribution in [0, 0.1) is 0 Å². The number of pyridine rings is 1. The monoisotopic (exact) mass is 655 g/mol. The molecule has 0 aliphatic carbocycles. The van der Waals surface area contributed by atoms with Crippen LogP contribution in [0.25, 0.3) is 9.75 Å². The van der Waals surface area contributed by atoms with Gasteiger partial charge in [-0.1, -0.05) is 23.2 Å². The summed E-state index contributed by atoms with van der Waals surface area (Å²) in [4.78, 5) is 47.6. The number of likely N-dealkylation sites (tertiary alicyclic amines) is 2. The summed E-state index contributed by atoms with van der Waals surface area (Å²) in [5.41, 5.74) is 0.378. The molecular weight excluding hydrogens is 629 g/mol. The van der Waals surface area contributed by atoms with Crippen molar-refractivity contribution >= 4 is 73.6 Å². The Balaban J connectivity index is 1.17. The van der Waals surface area contributed by atoms with Gasteiger partial charge in [-0.25, -0.2) is 13.4 Å². The molecule has 5 rings (SSSR count). The molecule has 2 fully saturated rings. The van der Waals surface area contributed by atoms with E-state index in [1.165, 1.54) is 34.6 Å². The van der Waals surface area contributed by atoms with Crippen LogP contribution in [0.4, 0.5) is 0 Å². The molecule has 0 unspecified atom stereocenters. The van der Waals surface area contributed by atoms with Gasteiger partial charge in [0, 0.05) is 47.2 Å². The van der Waals surface area contributed by atoms with E-state index in [2.05, 4.69) is 15.0 Å². The molecule has 2 atom stereocenters. The molecule has 2 aliphatic heterocycles. The molecule has 15 heteroatoms. The fraction of sp³-hybridized carbons (Fsp3) is 0.385. The van der Waals surface area contributed by atoms with E-state index in [9.17, 15) is 22.8 Å². The van der Waals surface area contributed by atoms with Crippen molar-refractivity contribution in [3.8, 4) is 9.75 Å². The van der Waals surface area contributed by atoms with Crippen LogP contribution in [0.5, 0.6) is 0 Å². The number of aromatic nitrogens is 1. The van der Waals surface area contributed by atoms with Gasteiger partial charge in [0.25, 0.3) is 15.9 Å². The SMILES string of the molecule is O=C(NC[C@@H]1CCCN1C(=O)CN1CCC[C@H](NS(=O)(=O)c2ccc(-c3ccc(Cl)s3)s2)C1=O)c1ccnc(Cl)c1. The molecule has 3 amide bonds. The molecule has 10 nitrogen and oxygen atoms in total. The number of sulfonamides is 1. The highest BCUT2D eigenvalue weighted by atomic mass is 35.5. The van der Waals surface area contributed by atoms with Crippen molar-refractivity contribution in [3.63, 3.8) is 0 Å². The number of nitrogens with one attached hydrogen (secondary N) is 2. The Bertz CT molecular complexity index is 1560. The second kappa shape index (κ2) is 12.8. The molecule has 3 aromatic heterocycles. The number of piperidine rings is 1. The largest absolute Gasteiger partial charge is 0.350 e. The predicted octanol–water partition coefficient (Wildman–Crippen LogP) is 3.87. The zero-order valence-electron chi connectivity index (χ0n) is 21.7. The van der Waals surface area contributed by atoms with E-state index in [-0.39, 0.29) is 40.3 Å². The van der Waals surface area contributed by atoms with Crippen molar-refractivity contribution in [2.24, 2.45) is 0 Å². The van der Waals surface area contributed by atoms with Gasteiger partial charge in [-0.2, -0.15) is 4.72 Å². The van der Waals surface area contributed by atoms with Crippen LogP contribution < -0.4 is 10.0 Å². The number of nitrogens with zero attached hydrogens (tertiary/aromatic N) is 3. The number of carbonyl (C=O) groups excluding carboxylic acids is 3. The van der Waals surface area contributed by atoms with Gasteiger partial charge < -0.3 is 15.1 Å². The van der Waals surface area contributed by atoms with Crippen molar-refractivity contribution in [2.75, 3.05) is 26.2 Å². The summed E-state index contributed by atoms with van der Waals surface area (Å²) in [7, 11) is -3.95. The first-order chi connectivity index (χ1) is 19.6. The standard InChI is InChI=1S/C26H27Cl2N5O5S3/c27-21-13-16(9-10-29-21)25(35)30-14-17-3-1-12-33(17)23(34)15-32-11-2-4-18(26(32)36)31-41(37,38)24-8-6-20(40-24)19-5-7-22(28)39-19/h5-10,13,17-18,31H,1-4,11-12,14-15H2,(H,30,35)/t17-,18-/m0/s1. The fourth-order valence-electron chi connectivity index (χ4n) is 4.98. The molecular formula is C26H27Cl2N5O5S3. The highest BCUT2D eigenvalue weighted by Gasteiger charge is 2.36. The number of amides is 3. The molecule has 2 N–H and O–H groups in total. The molecule has 2 saturated heterocycles. The molecule has 0 spiro atoms. The van der Waals surface area contributed by atoms with Crippen molar-refractivity contribution < 1.29 is 22.8 Å². The summed E-state index contributed by atoms with van der Waals surface area (Å²) in [5, 5.41) is 3.06. The van der Waals surface area contributed by atoms with Crippen LogP contribution in [-0.4, -0.2) is 79.2 Å². The summed E-state index contributed by atoms with van der Waals surface area (Å²) in [6, 6.07) is 8.69. The number of rotatable bonds is 9. The molecule has 41 heavy (non-hydrogen) atoms. The fourth-order valence-corrected chi connectivity index (χ4v) is 8.84. The average Bonchev–Trinajstić information content (AvgIpc) is 3.70. The highest BCUT2D eigenvalue weighted by Crippen LogP contribution is 2.37.